The van der Waals surface area contributed by atoms with Crippen molar-refractivity contribution in [2.45, 2.75) is 13.8 Å². The van der Waals surface area contributed by atoms with Crippen molar-refractivity contribution in [2.24, 2.45) is 0 Å². The van der Waals surface area contributed by atoms with Gasteiger partial charge in [-0.2, -0.15) is 0 Å². The van der Waals surface area contributed by atoms with E-state index in [2.05, 4.69) is 4.98 Å². The van der Waals surface area contributed by atoms with Gasteiger partial charge in [0.15, 0.2) is 0 Å². The summed E-state index contributed by atoms with van der Waals surface area (Å²) in [4.78, 5) is 16.5. The second kappa shape index (κ2) is 3.42. The first-order chi connectivity index (χ1) is 8.16. The molecule has 2 heterocycles. The number of rotatable bonds is 0. The Labute approximate surface area is 98.4 Å². The number of nitrogens with zero attached hydrogens (tertiary/aromatic N) is 2. The van der Waals surface area contributed by atoms with Crippen LogP contribution in [0.2, 0.25) is 0 Å². The lowest BCUT2D eigenvalue weighted by Crippen LogP contribution is -2.15. The van der Waals surface area contributed by atoms with Crippen LogP contribution in [0.4, 0.5) is 0 Å². The first-order valence-electron chi connectivity index (χ1n) is 5.55. The summed E-state index contributed by atoms with van der Waals surface area (Å²) in [6, 6.07) is 11.4. The minimum Gasteiger partial charge on any atom is -0.269 e. The lowest BCUT2D eigenvalue weighted by molar-refractivity contribution is 1.05. The highest BCUT2D eigenvalue weighted by molar-refractivity contribution is 5.85. The van der Waals surface area contributed by atoms with Crippen molar-refractivity contribution in [3.05, 3.63) is 58.0 Å². The fourth-order valence-corrected chi connectivity index (χ4v) is 2.23. The topological polar surface area (TPSA) is 34.4 Å². The molecule has 0 amide bonds. The van der Waals surface area contributed by atoms with Crippen molar-refractivity contribution >= 4 is 16.6 Å². The standard InChI is InChI=1S/C14H12N2O/c1-9-7-13-15-10(2)8-14(17)16(13)12-6-4-3-5-11(9)12/h3-8H,1-2H3. The molecule has 3 rings (SSSR count). The Hall–Kier alpha value is -2.16. The highest BCUT2D eigenvalue weighted by Gasteiger charge is 2.06. The molecule has 0 spiro atoms. The molecule has 0 aliphatic heterocycles. The summed E-state index contributed by atoms with van der Waals surface area (Å²) in [5, 5.41) is 1.09. The molecule has 84 valence electrons. The van der Waals surface area contributed by atoms with E-state index < -0.39 is 0 Å². The molecule has 3 aromatic rings. The molecule has 3 heteroatoms. The van der Waals surface area contributed by atoms with E-state index in [1.165, 1.54) is 0 Å². The van der Waals surface area contributed by atoms with Crippen molar-refractivity contribution in [1.29, 1.82) is 0 Å². The number of pyridine rings is 1. The van der Waals surface area contributed by atoms with Gasteiger partial charge in [0.05, 0.1) is 5.52 Å². The predicted molar refractivity (Wildman–Crippen MR) is 68.4 cm³/mol. The fraction of sp³-hybridized carbons (Fsp3) is 0.143. The molecule has 0 fully saturated rings. The van der Waals surface area contributed by atoms with Crippen LogP contribution < -0.4 is 5.56 Å². The average molecular weight is 224 g/mol. The average Bonchev–Trinajstić information content (AvgIpc) is 2.28. The van der Waals surface area contributed by atoms with E-state index in [0.717, 1.165) is 22.2 Å². The fourth-order valence-electron chi connectivity index (χ4n) is 2.23. The first-order valence-corrected chi connectivity index (χ1v) is 5.55. The number of hydrogen-bond donors (Lipinski definition) is 0. The summed E-state index contributed by atoms with van der Waals surface area (Å²) in [6.45, 7) is 3.88. The van der Waals surface area contributed by atoms with Crippen LogP contribution >= 0.6 is 0 Å². The van der Waals surface area contributed by atoms with Crippen molar-refractivity contribution in [3.63, 3.8) is 0 Å². The van der Waals surface area contributed by atoms with Gasteiger partial charge >= 0.3 is 0 Å². The lowest BCUT2D eigenvalue weighted by atomic mass is 10.1. The highest BCUT2D eigenvalue weighted by Crippen LogP contribution is 2.18. The van der Waals surface area contributed by atoms with Crippen LogP contribution in [0, 0.1) is 13.8 Å². The van der Waals surface area contributed by atoms with Gasteiger partial charge in [0, 0.05) is 17.1 Å². The van der Waals surface area contributed by atoms with Gasteiger partial charge in [-0.15, -0.1) is 0 Å². The molecule has 0 unspecified atom stereocenters. The highest BCUT2D eigenvalue weighted by atomic mass is 16.1. The zero-order valence-electron chi connectivity index (χ0n) is 9.77. The molecule has 1 aromatic carbocycles. The molecular formula is C14H12N2O. The maximum absolute atomic E-state index is 12.0. The number of para-hydroxylation sites is 1. The van der Waals surface area contributed by atoms with Gasteiger partial charge in [-0.3, -0.25) is 9.20 Å². The zero-order valence-corrected chi connectivity index (χ0v) is 9.77. The monoisotopic (exact) mass is 224 g/mol. The normalized spacial score (nSPS) is 11.2. The Morgan fingerprint density at radius 3 is 2.71 bits per heavy atom. The Bertz CT molecular complexity index is 787. The smallest absolute Gasteiger partial charge is 0.258 e. The molecule has 2 aromatic heterocycles. The quantitative estimate of drug-likeness (QED) is 0.550. The summed E-state index contributed by atoms with van der Waals surface area (Å²) in [6.07, 6.45) is 0. The number of aromatic nitrogens is 2. The lowest BCUT2D eigenvalue weighted by Gasteiger charge is -2.08. The third-order valence-electron chi connectivity index (χ3n) is 2.99. The second-order valence-corrected chi connectivity index (χ2v) is 4.27. The Morgan fingerprint density at radius 1 is 1.12 bits per heavy atom. The molecule has 0 saturated carbocycles. The molecule has 0 N–H and O–H groups in total. The third-order valence-corrected chi connectivity index (χ3v) is 2.99. The van der Waals surface area contributed by atoms with Gasteiger partial charge in [0.2, 0.25) is 0 Å². The third kappa shape index (κ3) is 1.43. The van der Waals surface area contributed by atoms with Crippen LogP contribution in [0.1, 0.15) is 11.3 Å². The van der Waals surface area contributed by atoms with Crippen LogP contribution in [0.3, 0.4) is 0 Å². The van der Waals surface area contributed by atoms with Crippen molar-refractivity contribution in [1.82, 2.24) is 9.38 Å². The maximum Gasteiger partial charge on any atom is 0.258 e. The van der Waals surface area contributed by atoms with Gasteiger partial charge in [-0.25, -0.2) is 4.98 Å². The minimum absolute atomic E-state index is 0.0244. The van der Waals surface area contributed by atoms with Gasteiger partial charge in [-0.1, -0.05) is 18.2 Å². The SMILES string of the molecule is Cc1cc(=O)n2c(cc(C)c3ccccc32)n1. The van der Waals surface area contributed by atoms with Crippen LogP contribution in [-0.4, -0.2) is 9.38 Å². The van der Waals surface area contributed by atoms with Crippen molar-refractivity contribution in [2.75, 3.05) is 0 Å². The van der Waals surface area contributed by atoms with Crippen molar-refractivity contribution < 1.29 is 0 Å². The number of hydrogen-bond acceptors (Lipinski definition) is 2. The van der Waals surface area contributed by atoms with E-state index in [1.807, 2.05) is 44.2 Å². The number of fused-ring (bicyclic) bond motifs is 3. The molecule has 17 heavy (non-hydrogen) atoms. The predicted octanol–water partition coefficient (Wildman–Crippen LogP) is 2.46. The van der Waals surface area contributed by atoms with Crippen LogP contribution in [0.25, 0.3) is 16.6 Å². The van der Waals surface area contributed by atoms with E-state index in [0.29, 0.717) is 5.65 Å². The molecule has 0 atom stereocenters. The largest absolute Gasteiger partial charge is 0.269 e. The second-order valence-electron chi connectivity index (χ2n) is 4.27. The summed E-state index contributed by atoms with van der Waals surface area (Å²) in [7, 11) is 0. The molecule has 0 bridgehead atoms. The Balaban J connectivity index is 2.69. The van der Waals surface area contributed by atoms with Crippen LogP contribution in [0.5, 0.6) is 0 Å². The molecule has 0 radical (unpaired) electrons. The van der Waals surface area contributed by atoms with Gasteiger partial charge in [-0.05, 0) is 31.5 Å². The Kier molecular flexibility index (Phi) is 2.01. The molecule has 0 saturated heterocycles. The number of benzene rings is 1. The minimum atomic E-state index is -0.0244. The summed E-state index contributed by atoms with van der Waals surface area (Å²) < 4.78 is 1.66. The van der Waals surface area contributed by atoms with E-state index in [-0.39, 0.29) is 5.56 Å². The summed E-state index contributed by atoms with van der Waals surface area (Å²) in [5.74, 6) is 0. The molecular weight excluding hydrogens is 212 g/mol. The maximum atomic E-state index is 12.0. The van der Waals surface area contributed by atoms with E-state index >= 15 is 0 Å². The molecule has 3 nitrogen and oxygen atoms in total. The number of aryl methyl sites for hydroxylation is 2. The summed E-state index contributed by atoms with van der Waals surface area (Å²) in [5.41, 5.74) is 3.50. The van der Waals surface area contributed by atoms with E-state index in [1.54, 1.807) is 10.5 Å². The van der Waals surface area contributed by atoms with Gasteiger partial charge in [0.25, 0.3) is 5.56 Å². The van der Waals surface area contributed by atoms with Crippen LogP contribution in [-0.2, 0) is 0 Å². The van der Waals surface area contributed by atoms with E-state index in [9.17, 15) is 4.79 Å². The van der Waals surface area contributed by atoms with Gasteiger partial charge in [0.1, 0.15) is 5.65 Å². The Morgan fingerprint density at radius 2 is 1.88 bits per heavy atom. The van der Waals surface area contributed by atoms with Crippen molar-refractivity contribution in [3.8, 4) is 0 Å². The van der Waals surface area contributed by atoms with Gasteiger partial charge < -0.3 is 0 Å². The first kappa shape index (κ1) is 10.0. The summed E-state index contributed by atoms with van der Waals surface area (Å²) >= 11 is 0. The zero-order chi connectivity index (χ0) is 12.0. The molecule has 0 aliphatic rings. The van der Waals surface area contributed by atoms with E-state index in [4.69, 9.17) is 0 Å². The molecule has 0 aliphatic carbocycles. The van der Waals surface area contributed by atoms with Crippen LogP contribution in [0.15, 0.2) is 41.2 Å².